The molecule has 0 bridgehead atoms. The molecule has 0 saturated heterocycles. The molecule has 118 valence electrons. The van der Waals surface area contributed by atoms with E-state index in [1.165, 1.54) is 0 Å². The van der Waals surface area contributed by atoms with Gasteiger partial charge in [-0.2, -0.15) is 5.10 Å². The Morgan fingerprint density at radius 1 is 1.36 bits per heavy atom. The van der Waals surface area contributed by atoms with Crippen molar-refractivity contribution in [3.63, 3.8) is 0 Å². The van der Waals surface area contributed by atoms with E-state index in [1.54, 1.807) is 4.68 Å². The molecule has 1 atom stereocenters. The van der Waals surface area contributed by atoms with E-state index in [0.29, 0.717) is 12.2 Å². The number of hydrogen-bond acceptors (Lipinski definition) is 5. The summed E-state index contributed by atoms with van der Waals surface area (Å²) in [7, 11) is 0. The van der Waals surface area contributed by atoms with E-state index in [-0.39, 0.29) is 18.0 Å². The maximum Gasteiger partial charge on any atom is 0.274 e. The Kier molecular flexibility index (Phi) is 3.67. The van der Waals surface area contributed by atoms with Crippen molar-refractivity contribution >= 4 is 5.91 Å². The van der Waals surface area contributed by atoms with Crippen LogP contribution in [0.1, 0.15) is 54.1 Å². The second-order valence-corrected chi connectivity index (χ2v) is 6.03. The summed E-state index contributed by atoms with van der Waals surface area (Å²) in [5.74, 6) is 1.59. The van der Waals surface area contributed by atoms with Crippen molar-refractivity contribution < 1.29 is 4.79 Å². The molecule has 22 heavy (non-hydrogen) atoms. The van der Waals surface area contributed by atoms with Crippen LogP contribution in [0.3, 0.4) is 0 Å². The molecule has 8 nitrogen and oxygen atoms in total. The number of fused-ring (bicyclic) bond motifs is 1. The fourth-order valence-corrected chi connectivity index (χ4v) is 2.85. The number of aryl methyl sites for hydroxylation is 2. The van der Waals surface area contributed by atoms with Crippen LogP contribution in [0.5, 0.6) is 0 Å². The minimum absolute atomic E-state index is 0.0460. The summed E-state index contributed by atoms with van der Waals surface area (Å²) in [6.07, 6.45) is 1.69. The maximum absolute atomic E-state index is 12.4. The van der Waals surface area contributed by atoms with Crippen molar-refractivity contribution in [3.05, 3.63) is 23.0 Å². The lowest BCUT2D eigenvalue weighted by Crippen LogP contribution is -2.41. The SMILES string of the molecule is Cc1nc2n(n1)CC(NC(=O)c1nnn(C(C)C)c1C)CC2. The average molecular weight is 303 g/mol. The molecule has 1 aliphatic rings. The van der Waals surface area contributed by atoms with Gasteiger partial charge in [0.1, 0.15) is 11.6 Å². The normalized spacial score (nSPS) is 17.6. The third kappa shape index (κ3) is 2.60. The van der Waals surface area contributed by atoms with Gasteiger partial charge in [0.05, 0.1) is 12.2 Å². The first-order valence-corrected chi connectivity index (χ1v) is 7.58. The molecular formula is C14H21N7O. The van der Waals surface area contributed by atoms with Gasteiger partial charge >= 0.3 is 0 Å². The van der Waals surface area contributed by atoms with Crippen molar-refractivity contribution in [2.45, 2.75) is 59.2 Å². The van der Waals surface area contributed by atoms with Gasteiger partial charge < -0.3 is 5.32 Å². The van der Waals surface area contributed by atoms with Crippen LogP contribution >= 0.6 is 0 Å². The van der Waals surface area contributed by atoms with E-state index < -0.39 is 0 Å². The van der Waals surface area contributed by atoms with E-state index >= 15 is 0 Å². The molecule has 0 aromatic carbocycles. The summed E-state index contributed by atoms with van der Waals surface area (Å²) in [6.45, 7) is 8.43. The van der Waals surface area contributed by atoms with Crippen LogP contribution in [0.25, 0.3) is 0 Å². The highest BCUT2D eigenvalue weighted by molar-refractivity contribution is 5.93. The van der Waals surface area contributed by atoms with E-state index in [1.807, 2.05) is 32.4 Å². The topological polar surface area (TPSA) is 90.5 Å². The highest BCUT2D eigenvalue weighted by Crippen LogP contribution is 2.14. The highest BCUT2D eigenvalue weighted by Gasteiger charge is 2.25. The van der Waals surface area contributed by atoms with Crippen LogP contribution in [0.4, 0.5) is 0 Å². The molecule has 0 radical (unpaired) electrons. The molecule has 3 rings (SSSR count). The van der Waals surface area contributed by atoms with Crippen LogP contribution in [-0.2, 0) is 13.0 Å². The molecule has 1 aliphatic heterocycles. The number of rotatable bonds is 3. The number of hydrogen-bond donors (Lipinski definition) is 1. The molecule has 0 fully saturated rings. The van der Waals surface area contributed by atoms with Crippen molar-refractivity contribution in [2.24, 2.45) is 0 Å². The van der Waals surface area contributed by atoms with Gasteiger partial charge in [0.25, 0.3) is 5.91 Å². The minimum Gasteiger partial charge on any atom is -0.346 e. The second-order valence-electron chi connectivity index (χ2n) is 6.03. The Balaban J connectivity index is 1.70. The molecule has 2 aromatic heterocycles. The maximum atomic E-state index is 12.4. The number of nitrogens with one attached hydrogen (secondary N) is 1. The lowest BCUT2D eigenvalue weighted by Gasteiger charge is -2.23. The fourth-order valence-electron chi connectivity index (χ4n) is 2.85. The zero-order chi connectivity index (χ0) is 15.9. The molecule has 1 N–H and O–H groups in total. The lowest BCUT2D eigenvalue weighted by molar-refractivity contribution is 0.0920. The first-order valence-electron chi connectivity index (χ1n) is 7.58. The van der Waals surface area contributed by atoms with Gasteiger partial charge in [-0.15, -0.1) is 5.10 Å². The van der Waals surface area contributed by atoms with Crippen LogP contribution in [0.2, 0.25) is 0 Å². The van der Waals surface area contributed by atoms with Gasteiger partial charge in [-0.25, -0.2) is 14.3 Å². The Morgan fingerprint density at radius 3 is 2.82 bits per heavy atom. The van der Waals surface area contributed by atoms with Crippen molar-refractivity contribution in [1.82, 2.24) is 35.1 Å². The van der Waals surface area contributed by atoms with E-state index in [2.05, 4.69) is 25.7 Å². The number of aromatic nitrogens is 6. The first kappa shape index (κ1) is 14.7. The average Bonchev–Trinajstić information content (AvgIpc) is 3.00. The molecule has 0 spiro atoms. The van der Waals surface area contributed by atoms with Crippen LogP contribution < -0.4 is 5.32 Å². The molecule has 2 aromatic rings. The van der Waals surface area contributed by atoms with Gasteiger partial charge in [0, 0.05) is 18.5 Å². The molecule has 3 heterocycles. The van der Waals surface area contributed by atoms with Crippen LogP contribution in [0.15, 0.2) is 0 Å². The zero-order valence-corrected chi connectivity index (χ0v) is 13.4. The van der Waals surface area contributed by atoms with E-state index in [9.17, 15) is 4.79 Å². The second kappa shape index (κ2) is 5.51. The number of carbonyl (C=O) groups is 1. The van der Waals surface area contributed by atoms with Crippen molar-refractivity contribution in [1.29, 1.82) is 0 Å². The summed E-state index contributed by atoms with van der Waals surface area (Å²) < 4.78 is 3.64. The Morgan fingerprint density at radius 2 is 2.14 bits per heavy atom. The van der Waals surface area contributed by atoms with Crippen LogP contribution in [0, 0.1) is 13.8 Å². The fraction of sp³-hybridized carbons (Fsp3) is 0.643. The Bertz CT molecular complexity index is 700. The zero-order valence-electron chi connectivity index (χ0n) is 13.4. The largest absolute Gasteiger partial charge is 0.346 e. The standard InChI is InChI=1S/C14H21N7O/c1-8(2)21-9(3)13(17-19-21)14(22)16-11-5-6-12-15-10(4)18-20(12)7-11/h8,11H,5-7H2,1-4H3,(H,16,22). The van der Waals surface area contributed by atoms with Gasteiger partial charge in [-0.3, -0.25) is 4.79 Å². The summed E-state index contributed by atoms with van der Waals surface area (Å²) in [6, 6.07) is 0.231. The monoisotopic (exact) mass is 303 g/mol. The highest BCUT2D eigenvalue weighted by atomic mass is 16.2. The van der Waals surface area contributed by atoms with E-state index in [4.69, 9.17) is 0 Å². The molecule has 1 amide bonds. The summed E-state index contributed by atoms with van der Waals surface area (Å²) in [5, 5.41) is 15.4. The van der Waals surface area contributed by atoms with Gasteiger partial charge in [-0.1, -0.05) is 5.21 Å². The number of amides is 1. The predicted octanol–water partition coefficient (Wildman–Crippen LogP) is 0.812. The number of nitrogens with zero attached hydrogens (tertiary/aromatic N) is 6. The Labute approximate surface area is 128 Å². The first-order chi connectivity index (χ1) is 10.5. The minimum atomic E-state index is -0.172. The summed E-state index contributed by atoms with van der Waals surface area (Å²) >= 11 is 0. The van der Waals surface area contributed by atoms with Crippen molar-refractivity contribution in [3.8, 4) is 0 Å². The van der Waals surface area contributed by atoms with Gasteiger partial charge in [0.15, 0.2) is 5.69 Å². The molecule has 0 aliphatic carbocycles. The molecule has 8 heteroatoms. The number of carbonyl (C=O) groups excluding carboxylic acids is 1. The third-order valence-corrected chi connectivity index (χ3v) is 3.93. The van der Waals surface area contributed by atoms with Gasteiger partial charge in [0.2, 0.25) is 0 Å². The Hall–Kier alpha value is -2.25. The summed E-state index contributed by atoms with van der Waals surface area (Å²) in [5.41, 5.74) is 1.19. The smallest absolute Gasteiger partial charge is 0.274 e. The third-order valence-electron chi connectivity index (χ3n) is 3.93. The molecular weight excluding hydrogens is 282 g/mol. The lowest BCUT2D eigenvalue weighted by atomic mass is 10.1. The van der Waals surface area contributed by atoms with Crippen LogP contribution in [-0.4, -0.2) is 41.7 Å². The molecule has 0 saturated carbocycles. The van der Waals surface area contributed by atoms with Crippen molar-refractivity contribution in [2.75, 3.05) is 0 Å². The predicted molar refractivity (Wildman–Crippen MR) is 79.5 cm³/mol. The molecule has 1 unspecified atom stereocenters. The van der Waals surface area contributed by atoms with Gasteiger partial charge in [-0.05, 0) is 34.1 Å². The summed E-state index contributed by atoms with van der Waals surface area (Å²) in [4.78, 5) is 16.8. The van der Waals surface area contributed by atoms with E-state index in [0.717, 1.165) is 30.2 Å². The quantitative estimate of drug-likeness (QED) is 0.906.